The van der Waals surface area contributed by atoms with Crippen molar-refractivity contribution in [1.29, 1.82) is 0 Å². The van der Waals surface area contributed by atoms with Crippen LogP contribution >= 0.6 is 22.9 Å². The van der Waals surface area contributed by atoms with Gasteiger partial charge in [0.05, 0.1) is 36.1 Å². The summed E-state index contributed by atoms with van der Waals surface area (Å²) in [7, 11) is 0. The molecule has 0 unspecified atom stereocenters. The number of hydrogen-bond donors (Lipinski definition) is 0. The molecular formula is C22H23ClN4O4S. The highest BCUT2D eigenvalue weighted by Gasteiger charge is 2.24. The molecule has 1 aromatic carbocycles. The Bertz CT molecular complexity index is 1080. The molecule has 32 heavy (non-hydrogen) atoms. The van der Waals surface area contributed by atoms with Crippen molar-refractivity contribution in [2.75, 3.05) is 39.4 Å². The van der Waals surface area contributed by atoms with Crippen LogP contribution in [-0.4, -0.2) is 65.2 Å². The topological polar surface area (TPSA) is 80.9 Å². The molecule has 3 aromatic rings. The molecule has 0 aliphatic carbocycles. The Labute approximate surface area is 194 Å². The molecule has 2 aromatic heterocycles. The molecule has 4 heterocycles. The van der Waals surface area contributed by atoms with Crippen LogP contribution in [-0.2, 0) is 17.8 Å². The van der Waals surface area contributed by atoms with Crippen LogP contribution in [0.15, 0.2) is 34.2 Å². The lowest BCUT2D eigenvalue weighted by Gasteiger charge is -2.34. The minimum atomic E-state index is 0.0768. The lowest BCUT2D eigenvalue weighted by Crippen LogP contribution is -2.48. The van der Waals surface area contributed by atoms with Crippen molar-refractivity contribution >= 4 is 28.8 Å². The lowest BCUT2D eigenvalue weighted by atomic mass is 10.1. The van der Waals surface area contributed by atoms with Gasteiger partial charge in [-0.2, -0.15) is 4.98 Å². The van der Waals surface area contributed by atoms with Crippen LogP contribution in [0.2, 0.25) is 5.02 Å². The number of aromatic nitrogens is 2. The van der Waals surface area contributed by atoms with Crippen molar-refractivity contribution in [3.05, 3.63) is 46.1 Å². The Balaban J connectivity index is 1.15. The summed E-state index contributed by atoms with van der Waals surface area (Å²) in [5, 5.41) is 6.53. The summed E-state index contributed by atoms with van der Waals surface area (Å²) in [6, 6.07) is 7.60. The van der Waals surface area contributed by atoms with Crippen molar-refractivity contribution in [2.45, 2.75) is 19.4 Å². The van der Waals surface area contributed by atoms with Crippen LogP contribution in [0, 0.1) is 0 Å². The number of hydrogen-bond acceptors (Lipinski definition) is 8. The van der Waals surface area contributed by atoms with Gasteiger partial charge in [0, 0.05) is 32.6 Å². The zero-order valence-corrected chi connectivity index (χ0v) is 19.0. The number of thiophene rings is 1. The summed E-state index contributed by atoms with van der Waals surface area (Å²) >= 11 is 7.95. The monoisotopic (exact) mass is 474 g/mol. The van der Waals surface area contributed by atoms with E-state index in [1.54, 1.807) is 17.4 Å². The van der Waals surface area contributed by atoms with Gasteiger partial charge in [-0.25, -0.2) is 0 Å². The Morgan fingerprint density at radius 1 is 1.16 bits per heavy atom. The quantitative estimate of drug-likeness (QED) is 0.559. The van der Waals surface area contributed by atoms with E-state index in [4.69, 9.17) is 25.6 Å². The number of carbonyl (C=O) groups excluding carboxylic acids is 1. The molecule has 10 heteroatoms. The number of piperazine rings is 1. The third kappa shape index (κ3) is 4.74. The van der Waals surface area contributed by atoms with Crippen LogP contribution in [0.25, 0.3) is 10.7 Å². The average molecular weight is 475 g/mol. The van der Waals surface area contributed by atoms with Crippen molar-refractivity contribution in [1.82, 2.24) is 19.9 Å². The molecule has 168 valence electrons. The van der Waals surface area contributed by atoms with E-state index in [-0.39, 0.29) is 12.3 Å². The van der Waals surface area contributed by atoms with Gasteiger partial charge in [0.25, 0.3) is 0 Å². The number of nitrogens with zero attached hydrogens (tertiary/aromatic N) is 4. The van der Waals surface area contributed by atoms with Gasteiger partial charge >= 0.3 is 0 Å². The summed E-state index contributed by atoms with van der Waals surface area (Å²) < 4.78 is 16.8. The SMILES string of the molecule is O=C(Cc1cc(Cl)c2c(c1)OCCCO2)N1CCN(Cc2nc(-c3cccs3)no2)CC1. The predicted octanol–water partition coefficient (Wildman–Crippen LogP) is 3.50. The van der Waals surface area contributed by atoms with Crippen LogP contribution < -0.4 is 9.47 Å². The highest BCUT2D eigenvalue weighted by atomic mass is 35.5. The fourth-order valence-corrected chi connectivity index (χ4v) is 4.78. The Morgan fingerprint density at radius 2 is 2.00 bits per heavy atom. The molecule has 1 amide bonds. The highest BCUT2D eigenvalue weighted by Crippen LogP contribution is 2.38. The molecule has 2 aliphatic heterocycles. The van der Waals surface area contributed by atoms with Crippen LogP contribution in [0.3, 0.4) is 0 Å². The van der Waals surface area contributed by atoms with Gasteiger partial charge in [-0.3, -0.25) is 9.69 Å². The second kappa shape index (κ2) is 9.48. The summed E-state index contributed by atoms with van der Waals surface area (Å²) in [6.45, 7) is 4.56. The molecule has 5 rings (SSSR count). The van der Waals surface area contributed by atoms with E-state index in [2.05, 4.69) is 15.0 Å². The summed E-state index contributed by atoms with van der Waals surface area (Å²) in [5.74, 6) is 2.47. The number of benzene rings is 1. The summed E-state index contributed by atoms with van der Waals surface area (Å²) in [6.07, 6.45) is 1.09. The number of fused-ring (bicyclic) bond motifs is 1. The van der Waals surface area contributed by atoms with Gasteiger partial charge in [-0.15, -0.1) is 11.3 Å². The van der Waals surface area contributed by atoms with E-state index < -0.39 is 0 Å². The molecule has 0 saturated carbocycles. The number of ether oxygens (including phenoxy) is 2. The first-order valence-electron chi connectivity index (χ1n) is 10.6. The number of amides is 1. The minimum absolute atomic E-state index is 0.0768. The first-order valence-corrected chi connectivity index (χ1v) is 11.9. The van der Waals surface area contributed by atoms with Gasteiger partial charge in [-0.1, -0.05) is 22.8 Å². The molecule has 8 nitrogen and oxygen atoms in total. The van der Waals surface area contributed by atoms with E-state index >= 15 is 0 Å². The molecule has 2 aliphatic rings. The molecule has 1 fully saturated rings. The standard InChI is InChI=1S/C22H23ClN4O4S/c23-16-11-15(12-17-21(16)30-9-2-8-29-17)13-20(28)27-6-4-26(5-7-27)14-19-24-22(25-31-19)18-3-1-10-32-18/h1,3,10-12H,2,4-9,13-14H2. The summed E-state index contributed by atoms with van der Waals surface area (Å²) in [4.78, 5) is 22.5. The second-order valence-electron chi connectivity index (χ2n) is 7.78. The second-order valence-corrected chi connectivity index (χ2v) is 9.13. The highest BCUT2D eigenvalue weighted by molar-refractivity contribution is 7.13. The fraction of sp³-hybridized carbons (Fsp3) is 0.409. The zero-order chi connectivity index (χ0) is 21.9. The first-order chi connectivity index (χ1) is 15.7. The third-order valence-corrected chi connectivity index (χ3v) is 6.66. The van der Waals surface area contributed by atoms with Crippen molar-refractivity contribution < 1.29 is 18.8 Å². The van der Waals surface area contributed by atoms with E-state index in [0.29, 0.717) is 61.1 Å². The Morgan fingerprint density at radius 3 is 2.81 bits per heavy atom. The Hall–Kier alpha value is -2.62. The molecule has 1 saturated heterocycles. The summed E-state index contributed by atoms with van der Waals surface area (Å²) in [5.41, 5.74) is 0.832. The van der Waals surface area contributed by atoms with Crippen molar-refractivity contribution in [3.8, 4) is 22.2 Å². The molecular weight excluding hydrogens is 452 g/mol. The zero-order valence-electron chi connectivity index (χ0n) is 17.5. The maximum Gasteiger partial charge on any atom is 0.241 e. The maximum atomic E-state index is 12.9. The van der Waals surface area contributed by atoms with E-state index in [0.717, 1.165) is 30.0 Å². The lowest BCUT2D eigenvalue weighted by molar-refractivity contribution is -0.132. The van der Waals surface area contributed by atoms with E-state index in [1.165, 1.54) is 0 Å². The molecule has 0 spiro atoms. The number of rotatable bonds is 5. The van der Waals surface area contributed by atoms with Crippen LogP contribution in [0.1, 0.15) is 17.9 Å². The predicted molar refractivity (Wildman–Crippen MR) is 120 cm³/mol. The molecule has 0 N–H and O–H groups in total. The molecule has 0 atom stereocenters. The number of halogens is 1. The van der Waals surface area contributed by atoms with Crippen LogP contribution in [0.4, 0.5) is 0 Å². The smallest absolute Gasteiger partial charge is 0.241 e. The normalized spacial score (nSPS) is 16.7. The largest absolute Gasteiger partial charge is 0.489 e. The van der Waals surface area contributed by atoms with E-state index in [9.17, 15) is 4.79 Å². The van der Waals surface area contributed by atoms with Gasteiger partial charge in [0.1, 0.15) is 0 Å². The third-order valence-electron chi connectivity index (χ3n) is 5.51. The van der Waals surface area contributed by atoms with E-state index in [1.807, 2.05) is 28.5 Å². The van der Waals surface area contributed by atoms with Crippen molar-refractivity contribution in [3.63, 3.8) is 0 Å². The average Bonchev–Trinajstić information content (AvgIpc) is 3.42. The minimum Gasteiger partial charge on any atom is -0.489 e. The molecule has 0 bridgehead atoms. The van der Waals surface area contributed by atoms with Gasteiger partial charge in [0.2, 0.25) is 17.6 Å². The molecule has 0 radical (unpaired) electrons. The fourth-order valence-electron chi connectivity index (χ4n) is 3.84. The maximum absolute atomic E-state index is 12.9. The van der Waals surface area contributed by atoms with Crippen LogP contribution in [0.5, 0.6) is 11.5 Å². The van der Waals surface area contributed by atoms with Gasteiger partial charge in [0.15, 0.2) is 11.5 Å². The number of carbonyl (C=O) groups is 1. The van der Waals surface area contributed by atoms with Crippen molar-refractivity contribution in [2.24, 2.45) is 0 Å². The van der Waals surface area contributed by atoms with Gasteiger partial charge in [-0.05, 0) is 29.1 Å². The Kier molecular flexibility index (Phi) is 6.29. The van der Waals surface area contributed by atoms with Gasteiger partial charge < -0.3 is 18.9 Å². The first kappa shape index (κ1) is 21.2.